The number of nitrogens with zero attached hydrogens (tertiary/aromatic N) is 4. The molecule has 0 radical (unpaired) electrons. The third kappa shape index (κ3) is 2.79. The van der Waals surface area contributed by atoms with Crippen molar-refractivity contribution >= 4 is 8.29 Å². The zero-order valence-electron chi connectivity index (χ0n) is 18.0. The minimum atomic E-state index is -0.422. The van der Waals surface area contributed by atoms with E-state index < -0.39 is 17.6 Å². The average molecular weight is 592 g/mol. The van der Waals surface area contributed by atoms with E-state index in [1.807, 2.05) is 12.1 Å². The molecule has 2 aromatic rings. The summed E-state index contributed by atoms with van der Waals surface area (Å²) < 4.78 is 9.03. The molecule has 0 amide bonds. The third-order valence-corrected chi connectivity index (χ3v) is 9.74. The number of ether oxygens (including phenoxy) is 1. The topological polar surface area (TPSA) is 22.2 Å². The first-order valence-electron chi connectivity index (χ1n) is 10.4. The molecule has 0 N–H and O–H groups in total. The van der Waals surface area contributed by atoms with Crippen molar-refractivity contribution in [2.45, 2.75) is 38.8 Å². The number of rotatable bonds is 0. The quantitative estimate of drug-likeness (QED) is 0.432. The summed E-state index contributed by atoms with van der Waals surface area (Å²) in [5.41, 5.74) is 1.72. The number of hydrogen-bond acceptors (Lipinski definition) is 5. The van der Waals surface area contributed by atoms with E-state index in [-0.39, 0.29) is 11.1 Å². The molecule has 0 aromatic heterocycles. The molecule has 0 spiro atoms. The molecule has 0 fully saturated rings. The Balaban J connectivity index is 1.62. The van der Waals surface area contributed by atoms with Gasteiger partial charge in [0.25, 0.3) is 0 Å². The molecule has 0 unspecified atom stereocenters. The molecule has 2 aromatic carbocycles. The van der Waals surface area contributed by atoms with Crippen LogP contribution < -0.4 is 4.74 Å². The maximum absolute atomic E-state index is 6.23. The van der Waals surface area contributed by atoms with Crippen LogP contribution in [0.4, 0.5) is 0 Å². The standard InChI is InChI=1S/C25H24N4O.Pt/c1-24(2)20-7-5-9-22(15-20)30-23-10-6-8-21(16-23)25(3,4)29-14-12-27(19-29)17-26-11-13-28(24)18-26;/h5-14H,17H2,1-4H3;/q-2;. The van der Waals surface area contributed by atoms with E-state index in [0.29, 0.717) is 0 Å². The van der Waals surface area contributed by atoms with Gasteiger partial charge in [0.15, 0.2) is 0 Å². The normalized spacial score (nSPS) is 22.3. The predicted octanol–water partition coefficient (Wildman–Crippen LogP) is 3.97. The first kappa shape index (κ1) is 19.1. The van der Waals surface area contributed by atoms with Gasteiger partial charge in [0.2, 0.25) is 0 Å². The third-order valence-electron chi connectivity index (χ3n) is 6.32. The molecule has 0 saturated carbocycles. The van der Waals surface area contributed by atoms with Crippen molar-refractivity contribution in [3.8, 4) is 11.5 Å². The Morgan fingerprint density at radius 2 is 1.23 bits per heavy atom. The van der Waals surface area contributed by atoms with Crippen LogP contribution in [0, 0.1) is 12.1 Å². The van der Waals surface area contributed by atoms with E-state index in [9.17, 15) is 0 Å². The van der Waals surface area contributed by atoms with Gasteiger partial charge in [-0.25, -0.2) is 0 Å². The summed E-state index contributed by atoms with van der Waals surface area (Å²) in [6, 6.07) is 19.4. The number of fused-ring (bicyclic) bond motifs is 4. The number of hydrogen-bond donors (Lipinski definition) is 0. The molecule has 6 rings (SSSR count). The zero-order valence-corrected chi connectivity index (χ0v) is 20.3. The second kappa shape index (κ2) is 6.43. The van der Waals surface area contributed by atoms with Gasteiger partial charge in [-0.3, -0.25) is 0 Å². The maximum atomic E-state index is 6.23. The van der Waals surface area contributed by atoms with Gasteiger partial charge in [-0.05, 0) is 0 Å². The predicted molar refractivity (Wildman–Crippen MR) is 117 cm³/mol. The van der Waals surface area contributed by atoms with Crippen molar-refractivity contribution in [2.75, 3.05) is 6.67 Å². The van der Waals surface area contributed by atoms with E-state index in [1.165, 1.54) is 8.29 Å². The van der Waals surface area contributed by atoms with Crippen LogP contribution in [0.25, 0.3) is 0 Å². The fourth-order valence-corrected chi connectivity index (χ4v) is 8.22. The molecule has 5 nitrogen and oxygen atoms in total. The van der Waals surface area contributed by atoms with Gasteiger partial charge >= 0.3 is 192 Å². The summed E-state index contributed by atoms with van der Waals surface area (Å²) in [5, 5.41) is 0. The Morgan fingerprint density at radius 1 is 0.742 bits per heavy atom. The molecule has 31 heavy (non-hydrogen) atoms. The fourth-order valence-electron chi connectivity index (χ4n) is 4.30. The van der Waals surface area contributed by atoms with E-state index in [0.717, 1.165) is 29.3 Å². The minimum absolute atomic E-state index is 0.245. The van der Waals surface area contributed by atoms with Crippen molar-refractivity contribution in [1.29, 1.82) is 0 Å². The summed E-state index contributed by atoms with van der Waals surface area (Å²) in [6.45, 7) is 9.89. The van der Waals surface area contributed by atoms with Crippen molar-refractivity contribution in [3.05, 3.63) is 84.5 Å². The Labute approximate surface area is 191 Å². The van der Waals surface area contributed by atoms with E-state index in [4.69, 9.17) is 4.74 Å². The van der Waals surface area contributed by atoms with Crippen LogP contribution in [-0.4, -0.2) is 34.6 Å². The van der Waals surface area contributed by atoms with Crippen molar-refractivity contribution in [3.63, 3.8) is 0 Å². The van der Waals surface area contributed by atoms with Crippen molar-refractivity contribution in [2.24, 2.45) is 0 Å². The molecular weight excluding hydrogens is 567 g/mol. The zero-order chi connectivity index (χ0) is 21.4. The van der Waals surface area contributed by atoms with E-state index >= 15 is 0 Å². The number of benzene rings is 2. The first-order valence-corrected chi connectivity index (χ1v) is 12.7. The molecule has 4 aliphatic rings. The first-order chi connectivity index (χ1) is 14.8. The molecule has 0 atom stereocenters. The van der Waals surface area contributed by atoms with Gasteiger partial charge < -0.3 is 0 Å². The van der Waals surface area contributed by atoms with Gasteiger partial charge in [0.05, 0.1) is 0 Å². The van der Waals surface area contributed by atoms with Crippen LogP contribution in [0.3, 0.4) is 0 Å². The Bertz CT molecular complexity index is 1130. The van der Waals surface area contributed by atoms with Crippen LogP contribution in [0.1, 0.15) is 38.8 Å². The monoisotopic (exact) mass is 591 g/mol. The molecule has 162 valence electrons. The summed E-state index contributed by atoms with van der Waals surface area (Å²) in [4.78, 5) is 9.64. The van der Waals surface area contributed by atoms with Gasteiger partial charge in [-0.2, -0.15) is 0 Å². The molecule has 4 heterocycles. The van der Waals surface area contributed by atoms with Crippen LogP contribution in [0.5, 0.6) is 11.5 Å². The SMILES string of the molecule is CC1(C)c2[c-]c(ccc2)Oc2[c-]c(ccc2)C(C)(C)N2C=CN3CN4C=CN1[C]4=[Pt]=[C]32. The second-order valence-corrected chi connectivity index (χ2v) is 11.7. The van der Waals surface area contributed by atoms with Crippen LogP contribution in [0.15, 0.2) is 61.2 Å². The Kier molecular flexibility index (Phi) is 3.95. The Hall–Kier alpha value is -2.65. The molecular formula is C25H24N4OPt-2. The van der Waals surface area contributed by atoms with Gasteiger partial charge in [0, 0.05) is 0 Å². The van der Waals surface area contributed by atoms with E-state index in [2.05, 4.69) is 108 Å². The van der Waals surface area contributed by atoms with Gasteiger partial charge in [-0.1, -0.05) is 0 Å². The Morgan fingerprint density at radius 3 is 1.71 bits per heavy atom. The average Bonchev–Trinajstić information content (AvgIpc) is 3.36. The van der Waals surface area contributed by atoms with Gasteiger partial charge in [-0.15, -0.1) is 0 Å². The van der Waals surface area contributed by atoms with Crippen molar-refractivity contribution in [1.82, 2.24) is 19.6 Å². The molecule has 0 saturated heterocycles. The molecule has 4 aliphatic heterocycles. The fraction of sp³-hybridized carbons (Fsp3) is 0.280. The molecule has 6 bridgehead atoms. The van der Waals surface area contributed by atoms with Crippen molar-refractivity contribution < 1.29 is 22.4 Å². The van der Waals surface area contributed by atoms with Crippen LogP contribution >= 0.6 is 0 Å². The summed E-state index contributed by atoms with van der Waals surface area (Å²) in [5.74, 6) is 1.44. The summed E-state index contributed by atoms with van der Waals surface area (Å²) in [6.07, 6.45) is 8.87. The van der Waals surface area contributed by atoms with E-state index in [1.54, 1.807) is 0 Å². The second-order valence-electron chi connectivity index (χ2n) is 9.06. The summed E-state index contributed by atoms with van der Waals surface area (Å²) >= 11 is -0.422. The van der Waals surface area contributed by atoms with Gasteiger partial charge in [0.1, 0.15) is 0 Å². The molecule has 6 heteroatoms. The van der Waals surface area contributed by atoms with Crippen LogP contribution in [-0.2, 0) is 28.7 Å². The summed E-state index contributed by atoms with van der Waals surface area (Å²) in [7, 11) is 0. The molecule has 0 aliphatic carbocycles. The van der Waals surface area contributed by atoms with Crippen LogP contribution in [0.2, 0.25) is 0 Å².